The van der Waals surface area contributed by atoms with Gasteiger partial charge in [-0.3, -0.25) is 15.0 Å². The fourth-order valence-corrected chi connectivity index (χ4v) is 2.81. The van der Waals surface area contributed by atoms with Crippen LogP contribution in [0.3, 0.4) is 0 Å². The van der Waals surface area contributed by atoms with Gasteiger partial charge in [0.25, 0.3) is 0 Å². The van der Waals surface area contributed by atoms with Crippen LogP contribution >= 0.6 is 0 Å². The molecule has 0 aromatic heterocycles. The van der Waals surface area contributed by atoms with E-state index < -0.39 is 0 Å². The minimum Gasteiger partial charge on any atom is -0.426 e. The van der Waals surface area contributed by atoms with Crippen molar-refractivity contribution in [2.45, 2.75) is 32.6 Å². The highest BCUT2D eigenvalue weighted by Crippen LogP contribution is 2.29. The SMILES string of the molecule is CC(=O)c1ccc(OC(=O)[C@H]2CC[C@H](CNC(=N)N)CC2)cc1. The van der Waals surface area contributed by atoms with E-state index in [4.69, 9.17) is 15.9 Å². The number of ketones is 1. The molecule has 23 heavy (non-hydrogen) atoms. The number of ether oxygens (including phenoxy) is 1. The largest absolute Gasteiger partial charge is 0.426 e. The van der Waals surface area contributed by atoms with Gasteiger partial charge >= 0.3 is 5.97 Å². The predicted molar refractivity (Wildman–Crippen MR) is 87.4 cm³/mol. The first-order chi connectivity index (χ1) is 11.0. The summed E-state index contributed by atoms with van der Waals surface area (Å²) in [6.45, 7) is 2.18. The Morgan fingerprint density at radius 2 is 1.83 bits per heavy atom. The van der Waals surface area contributed by atoms with Crippen LogP contribution in [0, 0.1) is 17.2 Å². The van der Waals surface area contributed by atoms with Crippen LogP contribution in [0.4, 0.5) is 0 Å². The highest BCUT2D eigenvalue weighted by Gasteiger charge is 2.27. The van der Waals surface area contributed by atoms with Crippen molar-refractivity contribution in [3.05, 3.63) is 29.8 Å². The lowest BCUT2D eigenvalue weighted by Gasteiger charge is -2.27. The molecule has 1 aromatic rings. The van der Waals surface area contributed by atoms with E-state index >= 15 is 0 Å². The molecule has 0 heterocycles. The highest BCUT2D eigenvalue weighted by atomic mass is 16.5. The lowest BCUT2D eigenvalue weighted by molar-refractivity contribution is -0.140. The number of guanidine groups is 1. The average Bonchev–Trinajstić information content (AvgIpc) is 2.54. The molecule has 1 aliphatic carbocycles. The number of hydrogen-bond donors (Lipinski definition) is 3. The maximum Gasteiger partial charge on any atom is 0.314 e. The predicted octanol–water partition coefficient (Wildman–Crippen LogP) is 2.08. The summed E-state index contributed by atoms with van der Waals surface area (Å²) in [6, 6.07) is 6.62. The van der Waals surface area contributed by atoms with Gasteiger partial charge in [0.05, 0.1) is 5.92 Å². The molecule has 6 heteroatoms. The molecule has 0 radical (unpaired) electrons. The van der Waals surface area contributed by atoms with E-state index in [1.807, 2.05) is 0 Å². The van der Waals surface area contributed by atoms with Crippen LogP contribution in [0.2, 0.25) is 0 Å². The summed E-state index contributed by atoms with van der Waals surface area (Å²) in [7, 11) is 0. The van der Waals surface area contributed by atoms with Crippen molar-refractivity contribution >= 4 is 17.7 Å². The second-order valence-electron chi connectivity index (χ2n) is 6.01. The number of benzene rings is 1. The van der Waals surface area contributed by atoms with Crippen LogP contribution in [-0.2, 0) is 4.79 Å². The Morgan fingerprint density at radius 1 is 1.22 bits per heavy atom. The van der Waals surface area contributed by atoms with E-state index in [0.29, 0.717) is 23.8 Å². The van der Waals surface area contributed by atoms with Gasteiger partial charge < -0.3 is 15.8 Å². The van der Waals surface area contributed by atoms with Gasteiger partial charge in [-0.15, -0.1) is 0 Å². The number of carbonyl (C=O) groups is 2. The summed E-state index contributed by atoms with van der Waals surface area (Å²) in [5, 5.41) is 9.99. The van der Waals surface area contributed by atoms with Crippen molar-refractivity contribution in [1.82, 2.24) is 5.32 Å². The molecule has 0 atom stereocenters. The van der Waals surface area contributed by atoms with Crippen molar-refractivity contribution in [3.63, 3.8) is 0 Å². The first kappa shape index (κ1) is 17.0. The Kier molecular flexibility index (Phi) is 5.73. The summed E-state index contributed by atoms with van der Waals surface area (Å²) in [6.07, 6.45) is 3.41. The van der Waals surface area contributed by atoms with E-state index in [1.54, 1.807) is 24.3 Å². The monoisotopic (exact) mass is 317 g/mol. The molecule has 2 rings (SSSR count). The van der Waals surface area contributed by atoms with Crippen molar-refractivity contribution in [1.29, 1.82) is 5.41 Å². The van der Waals surface area contributed by atoms with Gasteiger partial charge in [0.1, 0.15) is 5.75 Å². The van der Waals surface area contributed by atoms with Crippen molar-refractivity contribution in [2.24, 2.45) is 17.6 Å². The zero-order chi connectivity index (χ0) is 16.8. The third-order valence-corrected chi connectivity index (χ3v) is 4.24. The first-order valence-electron chi connectivity index (χ1n) is 7.86. The second-order valence-corrected chi connectivity index (χ2v) is 6.01. The number of nitrogens with one attached hydrogen (secondary N) is 2. The van der Waals surface area contributed by atoms with E-state index in [1.165, 1.54) is 6.92 Å². The molecule has 0 aliphatic heterocycles. The number of rotatable bonds is 5. The van der Waals surface area contributed by atoms with Gasteiger partial charge in [-0.25, -0.2) is 0 Å². The Balaban J connectivity index is 1.80. The number of nitrogens with two attached hydrogens (primary N) is 1. The minimum atomic E-state index is -0.210. The molecule has 6 nitrogen and oxygen atoms in total. The zero-order valence-corrected chi connectivity index (χ0v) is 13.3. The lowest BCUT2D eigenvalue weighted by Crippen LogP contribution is -2.36. The quantitative estimate of drug-likeness (QED) is 0.253. The molecule has 1 aliphatic rings. The summed E-state index contributed by atoms with van der Waals surface area (Å²) in [5.74, 6) is 0.591. The van der Waals surface area contributed by atoms with Crippen LogP contribution in [0.1, 0.15) is 43.0 Å². The highest BCUT2D eigenvalue weighted by molar-refractivity contribution is 5.94. The number of Topliss-reactive ketones (excluding diaryl/α,β-unsaturated/α-hetero) is 1. The normalized spacial score (nSPS) is 20.6. The van der Waals surface area contributed by atoms with E-state index in [2.05, 4.69) is 5.32 Å². The molecule has 4 N–H and O–H groups in total. The van der Waals surface area contributed by atoms with Crippen LogP contribution in [0.25, 0.3) is 0 Å². The Morgan fingerprint density at radius 3 is 2.35 bits per heavy atom. The third-order valence-electron chi connectivity index (χ3n) is 4.24. The fraction of sp³-hybridized carbons (Fsp3) is 0.471. The molecule has 1 fully saturated rings. The topological polar surface area (TPSA) is 105 Å². The Labute approximate surface area is 135 Å². The molecule has 0 bridgehead atoms. The molecule has 124 valence electrons. The zero-order valence-electron chi connectivity index (χ0n) is 13.3. The summed E-state index contributed by atoms with van der Waals surface area (Å²) < 4.78 is 5.40. The van der Waals surface area contributed by atoms with Gasteiger partial charge in [-0.2, -0.15) is 0 Å². The minimum absolute atomic E-state index is 0.0134. The molecule has 1 aromatic carbocycles. The third kappa shape index (κ3) is 5.09. The molecular formula is C17H23N3O3. The molecule has 0 amide bonds. The van der Waals surface area contributed by atoms with Crippen molar-refractivity contribution in [3.8, 4) is 5.75 Å². The smallest absolute Gasteiger partial charge is 0.314 e. The van der Waals surface area contributed by atoms with Crippen LogP contribution < -0.4 is 15.8 Å². The van der Waals surface area contributed by atoms with Crippen molar-refractivity contribution < 1.29 is 14.3 Å². The van der Waals surface area contributed by atoms with E-state index in [-0.39, 0.29) is 23.6 Å². The molecular weight excluding hydrogens is 294 g/mol. The fourth-order valence-electron chi connectivity index (χ4n) is 2.81. The standard InChI is InChI=1S/C17H23N3O3/c1-11(21)13-6-8-15(9-7-13)23-16(22)14-4-2-12(3-5-14)10-20-17(18)19/h6-9,12,14H,2-5,10H2,1H3,(H4,18,19,20)/t12-,14-. The van der Waals surface area contributed by atoms with E-state index in [0.717, 1.165) is 25.7 Å². The Hall–Kier alpha value is -2.37. The summed E-state index contributed by atoms with van der Waals surface area (Å²) in [5.41, 5.74) is 5.88. The summed E-state index contributed by atoms with van der Waals surface area (Å²) in [4.78, 5) is 23.4. The molecule has 0 unspecified atom stereocenters. The van der Waals surface area contributed by atoms with Gasteiger partial charge in [0.2, 0.25) is 0 Å². The van der Waals surface area contributed by atoms with Gasteiger partial charge in [-0.05, 0) is 62.8 Å². The molecule has 1 saturated carbocycles. The second kappa shape index (κ2) is 7.76. The van der Waals surface area contributed by atoms with Crippen LogP contribution in [0.5, 0.6) is 5.75 Å². The van der Waals surface area contributed by atoms with Crippen LogP contribution in [-0.4, -0.2) is 24.3 Å². The number of carbonyl (C=O) groups excluding carboxylic acids is 2. The Bertz CT molecular complexity index is 575. The maximum atomic E-state index is 12.2. The van der Waals surface area contributed by atoms with Gasteiger partial charge in [0, 0.05) is 12.1 Å². The molecule has 0 spiro atoms. The molecule has 0 saturated heterocycles. The van der Waals surface area contributed by atoms with Gasteiger partial charge in [-0.1, -0.05) is 0 Å². The van der Waals surface area contributed by atoms with Crippen LogP contribution in [0.15, 0.2) is 24.3 Å². The number of hydrogen-bond acceptors (Lipinski definition) is 4. The van der Waals surface area contributed by atoms with E-state index in [9.17, 15) is 9.59 Å². The maximum absolute atomic E-state index is 12.2. The summed E-state index contributed by atoms with van der Waals surface area (Å²) >= 11 is 0. The van der Waals surface area contributed by atoms with Gasteiger partial charge in [0.15, 0.2) is 11.7 Å². The van der Waals surface area contributed by atoms with Crippen molar-refractivity contribution in [2.75, 3.05) is 6.54 Å². The lowest BCUT2D eigenvalue weighted by atomic mass is 9.82. The average molecular weight is 317 g/mol. The first-order valence-corrected chi connectivity index (χ1v) is 7.86. The number of esters is 1.